The van der Waals surface area contributed by atoms with E-state index >= 15 is 0 Å². The molecule has 0 saturated carbocycles. The first-order valence-corrected chi connectivity index (χ1v) is 7.49. The zero-order valence-corrected chi connectivity index (χ0v) is 13.3. The zero-order chi connectivity index (χ0) is 16.6. The van der Waals surface area contributed by atoms with E-state index in [1.807, 2.05) is 0 Å². The van der Waals surface area contributed by atoms with Gasteiger partial charge in [0.1, 0.15) is 11.5 Å². The number of carbonyl (C=O) groups is 1. The Morgan fingerprint density at radius 3 is 2.57 bits per heavy atom. The van der Waals surface area contributed by atoms with E-state index in [4.69, 9.17) is 4.74 Å². The number of rotatable bonds is 3. The van der Waals surface area contributed by atoms with Crippen LogP contribution in [0.1, 0.15) is 24.3 Å². The van der Waals surface area contributed by atoms with Crippen LogP contribution < -0.4 is 4.90 Å². The molecule has 5 nitrogen and oxygen atoms in total. The van der Waals surface area contributed by atoms with Crippen molar-refractivity contribution in [3.8, 4) is 11.3 Å². The van der Waals surface area contributed by atoms with Crippen molar-refractivity contribution in [3.63, 3.8) is 0 Å². The SMILES string of the molecule is COC(=O)c1cnc(N2CC(C)C2C)c(-c2ccc(F)cc2)n1. The van der Waals surface area contributed by atoms with E-state index in [2.05, 4.69) is 28.7 Å². The Labute approximate surface area is 134 Å². The van der Waals surface area contributed by atoms with Gasteiger partial charge in [-0.05, 0) is 37.1 Å². The number of methoxy groups -OCH3 is 1. The second kappa shape index (κ2) is 5.95. The van der Waals surface area contributed by atoms with Crippen molar-refractivity contribution >= 4 is 11.8 Å². The highest BCUT2D eigenvalue weighted by Crippen LogP contribution is 2.35. The Morgan fingerprint density at radius 2 is 2.00 bits per heavy atom. The van der Waals surface area contributed by atoms with Gasteiger partial charge in [0, 0.05) is 18.2 Å². The third-order valence-corrected chi connectivity index (χ3v) is 4.34. The summed E-state index contributed by atoms with van der Waals surface area (Å²) in [5, 5.41) is 0. The number of nitrogens with zero attached hydrogens (tertiary/aromatic N) is 3. The fraction of sp³-hybridized carbons (Fsp3) is 0.353. The van der Waals surface area contributed by atoms with E-state index < -0.39 is 5.97 Å². The quantitative estimate of drug-likeness (QED) is 0.815. The average molecular weight is 315 g/mol. The summed E-state index contributed by atoms with van der Waals surface area (Å²) in [6.07, 6.45) is 1.42. The standard InChI is InChI=1S/C17H18FN3O2/c1-10-9-21(11(10)2)16-15(12-4-6-13(18)7-5-12)20-14(8-19-16)17(22)23-3/h4-8,10-11H,9H2,1-3H3. The summed E-state index contributed by atoms with van der Waals surface area (Å²) in [7, 11) is 1.30. The molecule has 0 N–H and O–H groups in total. The van der Waals surface area contributed by atoms with Crippen LogP contribution in [0, 0.1) is 11.7 Å². The molecule has 6 heteroatoms. The summed E-state index contributed by atoms with van der Waals surface area (Å²) in [5.74, 6) is 0.406. The van der Waals surface area contributed by atoms with Gasteiger partial charge in [0.15, 0.2) is 11.5 Å². The first kappa shape index (κ1) is 15.4. The molecule has 2 atom stereocenters. The van der Waals surface area contributed by atoms with Gasteiger partial charge >= 0.3 is 5.97 Å². The minimum Gasteiger partial charge on any atom is -0.464 e. The van der Waals surface area contributed by atoms with Crippen molar-refractivity contribution in [2.45, 2.75) is 19.9 Å². The molecule has 1 fully saturated rings. The van der Waals surface area contributed by atoms with Crippen LogP contribution in [0.25, 0.3) is 11.3 Å². The molecule has 120 valence electrons. The highest BCUT2D eigenvalue weighted by atomic mass is 19.1. The molecule has 0 aliphatic carbocycles. The lowest BCUT2D eigenvalue weighted by molar-refractivity contribution is 0.0593. The van der Waals surface area contributed by atoms with Crippen LogP contribution in [0.4, 0.5) is 10.2 Å². The molecule has 1 aliphatic rings. The number of aromatic nitrogens is 2. The number of benzene rings is 1. The molecule has 1 saturated heterocycles. The molecule has 0 amide bonds. The predicted molar refractivity (Wildman–Crippen MR) is 84.7 cm³/mol. The summed E-state index contributed by atoms with van der Waals surface area (Å²) >= 11 is 0. The van der Waals surface area contributed by atoms with Crippen molar-refractivity contribution in [2.24, 2.45) is 5.92 Å². The van der Waals surface area contributed by atoms with E-state index in [-0.39, 0.29) is 11.5 Å². The molecule has 1 aliphatic heterocycles. The van der Waals surface area contributed by atoms with Crippen molar-refractivity contribution < 1.29 is 13.9 Å². The van der Waals surface area contributed by atoms with Gasteiger partial charge in [0.05, 0.1) is 13.3 Å². The lowest BCUT2D eigenvalue weighted by atomic mass is 9.91. The minimum absolute atomic E-state index is 0.136. The number of hydrogen-bond acceptors (Lipinski definition) is 5. The number of halogens is 1. The van der Waals surface area contributed by atoms with Crippen LogP contribution >= 0.6 is 0 Å². The summed E-state index contributed by atoms with van der Waals surface area (Å²) in [6, 6.07) is 6.35. The van der Waals surface area contributed by atoms with Crippen LogP contribution in [-0.2, 0) is 4.74 Å². The Bertz CT molecular complexity index is 733. The highest BCUT2D eigenvalue weighted by molar-refractivity contribution is 5.88. The fourth-order valence-corrected chi connectivity index (χ4v) is 2.67. The summed E-state index contributed by atoms with van der Waals surface area (Å²) in [6.45, 7) is 5.18. The largest absolute Gasteiger partial charge is 0.464 e. The van der Waals surface area contributed by atoms with E-state index in [9.17, 15) is 9.18 Å². The first-order valence-electron chi connectivity index (χ1n) is 7.49. The van der Waals surface area contributed by atoms with Crippen LogP contribution in [0.5, 0.6) is 0 Å². The molecule has 2 heterocycles. The van der Waals surface area contributed by atoms with Crippen LogP contribution in [0.15, 0.2) is 30.5 Å². The van der Waals surface area contributed by atoms with Gasteiger partial charge in [0.2, 0.25) is 0 Å². The van der Waals surface area contributed by atoms with Crippen molar-refractivity contribution in [1.29, 1.82) is 0 Å². The molecule has 2 unspecified atom stereocenters. The maximum Gasteiger partial charge on any atom is 0.358 e. The highest BCUT2D eigenvalue weighted by Gasteiger charge is 2.35. The van der Waals surface area contributed by atoms with Crippen molar-refractivity contribution in [1.82, 2.24) is 9.97 Å². The maximum atomic E-state index is 13.2. The lowest BCUT2D eigenvalue weighted by Crippen LogP contribution is -2.54. The second-order valence-corrected chi connectivity index (χ2v) is 5.80. The predicted octanol–water partition coefficient (Wildman–Crippen LogP) is 2.91. The van der Waals surface area contributed by atoms with Crippen LogP contribution in [0.2, 0.25) is 0 Å². The lowest BCUT2D eigenvalue weighted by Gasteiger charge is -2.46. The Hall–Kier alpha value is -2.50. The normalized spacial score (nSPS) is 20.1. The molecular formula is C17H18FN3O2. The number of hydrogen-bond donors (Lipinski definition) is 0. The summed E-state index contributed by atoms with van der Waals surface area (Å²) in [4.78, 5) is 22.7. The monoisotopic (exact) mass is 315 g/mol. The number of carbonyl (C=O) groups excluding carboxylic acids is 1. The summed E-state index contributed by atoms with van der Waals surface area (Å²) in [5.41, 5.74) is 1.41. The fourth-order valence-electron chi connectivity index (χ4n) is 2.67. The van der Waals surface area contributed by atoms with Crippen LogP contribution in [-0.4, -0.2) is 35.6 Å². The van der Waals surface area contributed by atoms with E-state index in [1.54, 1.807) is 12.1 Å². The third-order valence-electron chi connectivity index (χ3n) is 4.34. The van der Waals surface area contributed by atoms with Gasteiger partial charge in [-0.3, -0.25) is 0 Å². The van der Waals surface area contributed by atoms with Crippen molar-refractivity contribution in [3.05, 3.63) is 42.0 Å². The molecule has 0 bridgehead atoms. The van der Waals surface area contributed by atoms with E-state index in [1.165, 1.54) is 25.4 Å². The van der Waals surface area contributed by atoms with Gasteiger partial charge < -0.3 is 9.64 Å². The molecule has 0 radical (unpaired) electrons. The summed E-state index contributed by atoms with van der Waals surface area (Å²) < 4.78 is 17.9. The molecule has 1 aromatic carbocycles. The topological polar surface area (TPSA) is 55.3 Å². The van der Waals surface area contributed by atoms with Gasteiger partial charge in [-0.15, -0.1) is 0 Å². The van der Waals surface area contributed by atoms with Gasteiger partial charge in [-0.25, -0.2) is 19.2 Å². The molecular weight excluding hydrogens is 297 g/mol. The smallest absolute Gasteiger partial charge is 0.358 e. The number of ether oxygens (including phenoxy) is 1. The molecule has 0 spiro atoms. The number of esters is 1. The van der Waals surface area contributed by atoms with Crippen LogP contribution in [0.3, 0.4) is 0 Å². The van der Waals surface area contributed by atoms with Gasteiger partial charge in [0.25, 0.3) is 0 Å². The first-order chi connectivity index (χ1) is 11.0. The molecule has 23 heavy (non-hydrogen) atoms. The molecule has 3 rings (SSSR count). The third kappa shape index (κ3) is 2.76. The van der Waals surface area contributed by atoms with E-state index in [0.29, 0.717) is 29.0 Å². The maximum absolute atomic E-state index is 13.2. The number of anilines is 1. The average Bonchev–Trinajstić information content (AvgIpc) is 2.59. The van der Waals surface area contributed by atoms with Crippen molar-refractivity contribution in [2.75, 3.05) is 18.6 Å². The van der Waals surface area contributed by atoms with E-state index in [0.717, 1.165) is 6.54 Å². The Kier molecular flexibility index (Phi) is 3.98. The van der Waals surface area contributed by atoms with Gasteiger partial charge in [-0.2, -0.15) is 0 Å². The van der Waals surface area contributed by atoms with Gasteiger partial charge in [-0.1, -0.05) is 6.92 Å². The molecule has 1 aromatic heterocycles. The second-order valence-electron chi connectivity index (χ2n) is 5.80. The minimum atomic E-state index is -0.544. The Morgan fingerprint density at radius 1 is 1.30 bits per heavy atom. The zero-order valence-electron chi connectivity index (χ0n) is 13.3. The molecule has 2 aromatic rings. The Balaban J connectivity index is 2.08.